The van der Waals surface area contributed by atoms with Gasteiger partial charge in [-0.05, 0) is 0 Å². The summed E-state index contributed by atoms with van der Waals surface area (Å²) in [7, 11) is 0. The van der Waals surface area contributed by atoms with Crippen molar-refractivity contribution in [1.29, 1.82) is 0 Å². The molecule has 0 saturated heterocycles. The zero-order valence-corrected chi connectivity index (χ0v) is 10.5. The quantitative estimate of drug-likeness (QED) is 0.646. The third-order valence-corrected chi connectivity index (χ3v) is 2.38. The molecule has 0 aliphatic carbocycles. The van der Waals surface area contributed by atoms with Crippen LogP contribution in [-0.2, 0) is 6.18 Å². The van der Waals surface area contributed by atoms with Gasteiger partial charge in [-0.3, -0.25) is 9.59 Å². The van der Waals surface area contributed by atoms with E-state index in [-0.39, 0.29) is 0 Å². The molecule has 0 atom stereocenters. The van der Waals surface area contributed by atoms with Crippen molar-refractivity contribution in [2.24, 2.45) is 0 Å². The van der Waals surface area contributed by atoms with Crippen LogP contribution in [0.25, 0.3) is 0 Å². The van der Waals surface area contributed by atoms with Crippen LogP contribution in [0.1, 0.15) is 16.1 Å². The average Bonchev–Trinajstić information content (AvgIpc) is 2.15. The SMILES string of the molecule is O=C(c1n[nH]c(=O)cc1C(F)(F)F)C(Br)Br. The number of nitrogens with zero attached hydrogens (tertiary/aromatic N) is 1. The van der Waals surface area contributed by atoms with E-state index in [4.69, 9.17) is 0 Å². The van der Waals surface area contributed by atoms with Gasteiger partial charge < -0.3 is 0 Å². The monoisotopic (exact) mass is 362 g/mol. The Labute approximate surface area is 103 Å². The van der Waals surface area contributed by atoms with Crippen LogP contribution in [0.3, 0.4) is 0 Å². The van der Waals surface area contributed by atoms with Crippen molar-refractivity contribution in [3.05, 3.63) is 27.7 Å². The number of Topliss-reactive ketones (excluding diaryl/α,β-unsaturated/α-hetero) is 1. The third-order valence-electron chi connectivity index (χ3n) is 1.55. The minimum absolute atomic E-state index is 0.294. The zero-order chi connectivity index (χ0) is 12.5. The summed E-state index contributed by atoms with van der Waals surface area (Å²) in [4.78, 5) is 22.1. The van der Waals surface area contributed by atoms with E-state index in [1.54, 1.807) is 5.10 Å². The number of carbonyl (C=O) groups is 1. The molecule has 88 valence electrons. The molecule has 0 aliphatic heterocycles. The largest absolute Gasteiger partial charge is 0.418 e. The molecule has 1 heterocycles. The van der Waals surface area contributed by atoms with E-state index in [0.717, 1.165) is 0 Å². The lowest BCUT2D eigenvalue weighted by molar-refractivity contribution is -0.138. The Balaban J connectivity index is 3.40. The van der Waals surface area contributed by atoms with Crippen LogP contribution in [0.5, 0.6) is 0 Å². The summed E-state index contributed by atoms with van der Waals surface area (Å²) in [5, 5.41) is 4.88. The number of rotatable bonds is 2. The number of H-pyrrole nitrogens is 1. The molecule has 1 rings (SSSR count). The lowest BCUT2D eigenvalue weighted by Crippen LogP contribution is -2.23. The number of ketones is 1. The summed E-state index contributed by atoms with van der Waals surface area (Å²) in [6.07, 6.45) is -4.80. The predicted molar refractivity (Wildman–Crippen MR) is 55.8 cm³/mol. The maximum Gasteiger partial charge on any atom is 0.418 e. The number of carbonyl (C=O) groups excluding carboxylic acids is 1. The minimum atomic E-state index is -4.80. The van der Waals surface area contributed by atoms with Gasteiger partial charge in [-0.15, -0.1) is 0 Å². The van der Waals surface area contributed by atoms with Gasteiger partial charge >= 0.3 is 6.18 Å². The van der Waals surface area contributed by atoms with E-state index >= 15 is 0 Å². The average molecular weight is 364 g/mol. The van der Waals surface area contributed by atoms with Crippen molar-refractivity contribution in [2.75, 3.05) is 0 Å². The smallest absolute Gasteiger partial charge is 0.290 e. The van der Waals surface area contributed by atoms with Crippen molar-refractivity contribution >= 4 is 37.6 Å². The summed E-state index contributed by atoms with van der Waals surface area (Å²) >= 11 is 5.53. The summed E-state index contributed by atoms with van der Waals surface area (Å²) < 4.78 is 36.4. The van der Waals surface area contributed by atoms with Gasteiger partial charge in [0.15, 0.2) is 0 Å². The summed E-state index contributed by atoms with van der Waals surface area (Å²) in [6, 6.07) is 0.294. The Morgan fingerprint density at radius 3 is 2.44 bits per heavy atom. The molecule has 4 nitrogen and oxygen atoms in total. The second-order valence-corrected chi connectivity index (χ2v) is 5.72. The molecule has 0 saturated carbocycles. The summed E-state index contributed by atoms with van der Waals surface area (Å²) in [5.74, 6) is -0.927. The van der Waals surface area contributed by atoms with Gasteiger partial charge in [-0.1, -0.05) is 31.9 Å². The second kappa shape index (κ2) is 4.66. The Morgan fingerprint density at radius 2 is 2.00 bits per heavy atom. The molecule has 0 bridgehead atoms. The predicted octanol–water partition coefficient (Wildman–Crippen LogP) is 2.09. The molecule has 1 aromatic rings. The fourth-order valence-corrected chi connectivity index (χ4v) is 1.34. The Hall–Kier alpha value is -0.700. The number of hydrogen-bond acceptors (Lipinski definition) is 3. The van der Waals surface area contributed by atoms with Crippen LogP contribution in [0, 0.1) is 0 Å². The van der Waals surface area contributed by atoms with Gasteiger partial charge in [0, 0.05) is 6.07 Å². The van der Waals surface area contributed by atoms with Crippen LogP contribution in [0.2, 0.25) is 0 Å². The highest BCUT2D eigenvalue weighted by Gasteiger charge is 2.37. The van der Waals surface area contributed by atoms with Crippen LogP contribution in [-0.4, -0.2) is 19.7 Å². The van der Waals surface area contributed by atoms with E-state index in [1.165, 1.54) is 0 Å². The highest BCUT2D eigenvalue weighted by Crippen LogP contribution is 2.31. The third kappa shape index (κ3) is 2.91. The van der Waals surface area contributed by atoms with Gasteiger partial charge in [0.2, 0.25) is 5.78 Å². The van der Waals surface area contributed by atoms with E-state index in [0.29, 0.717) is 6.07 Å². The summed E-state index contributed by atoms with van der Waals surface area (Å²) in [5.41, 5.74) is -3.22. The van der Waals surface area contributed by atoms with Crippen LogP contribution >= 0.6 is 31.9 Å². The zero-order valence-electron chi connectivity index (χ0n) is 7.31. The van der Waals surface area contributed by atoms with E-state index < -0.39 is 32.5 Å². The molecule has 0 aliphatic rings. The lowest BCUT2D eigenvalue weighted by atomic mass is 10.1. The van der Waals surface area contributed by atoms with Gasteiger partial charge in [-0.2, -0.15) is 18.3 Å². The maximum absolute atomic E-state index is 12.5. The fraction of sp³-hybridized carbons (Fsp3) is 0.286. The van der Waals surface area contributed by atoms with Crippen LogP contribution < -0.4 is 5.56 Å². The molecule has 1 N–H and O–H groups in total. The molecule has 1 aromatic heterocycles. The van der Waals surface area contributed by atoms with Gasteiger partial charge in [0.25, 0.3) is 5.56 Å². The first-order valence-corrected chi connectivity index (χ1v) is 5.56. The van der Waals surface area contributed by atoms with Crippen LogP contribution in [0.4, 0.5) is 13.2 Å². The van der Waals surface area contributed by atoms with E-state index in [1.807, 2.05) is 0 Å². The van der Waals surface area contributed by atoms with E-state index in [2.05, 4.69) is 37.0 Å². The molecule has 0 radical (unpaired) electrons. The number of alkyl halides is 5. The Kier molecular flexibility index (Phi) is 3.89. The first kappa shape index (κ1) is 13.4. The maximum atomic E-state index is 12.5. The van der Waals surface area contributed by atoms with Crippen molar-refractivity contribution in [1.82, 2.24) is 10.2 Å². The number of hydrogen-bond donors (Lipinski definition) is 1. The van der Waals surface area contributed by atoms with Gasteiger partial charge in [-0.25, -0.2) is 5.10 Å². The Bertz CT molecular complexity index is 469. The van der Waals surface area contributed by atoms with Crippen molar-refractivity contribution in [2.45, 2.75) is 9.91 Å². The lowest BCUT2D eigenvalue weighted by Gasteiger charge is -2.10. The van der Waals surface area contributed by atoms with Crippen LogP contribution in [0.15, 0.2) is 10.9 Å². The number of aromatic nitrogens is 2. The molecule has 0 amide bonds. The highest BCUT2D eigenvalue weighted by molar-refractivity contribution is 9.25. The summed E-state index contributed by atoms with van der Waals surface area (Å²) in [6.45, 7) is 0. The van der Waals surface area contributed by atoms with Crippen molar-refractivity contribution in [3.63, 3.8) is 0 Å². The van der Waals surface area contributed by atoms with Gasteiger partial charge in [0.1, 0.15) is 9.43 Å². The molecule has 16 heavy (non-hydrogen) atoms. The second-order valence-electron chi connectivity index (χ2n) is 2.66. The number of aromatic amines is 1. The molecular weight excluding hydrogens is 361 g/mol. The number of halogens is 5. The molecule has 0 fully saturated rings. The normalized spacial score (nSPS) is 11.9. The van der Waals surface area contributed by atoms with E-state index in [9.17, 15) is 22.8 Å². The topological polar surface area (TPSA) is 62.8 Å². The molecule has 0 unspecified atom stereocenters. The van der Waals surface area contributed by atoms with Crippen molar-refractivity contribution in [3.8, 4) is 0 Å². The highest BCUT2D eigenvalue weighted by atomic mass is 79.9. The first-order valence-electron chi connectivity index (χ1n) is 3.72. The first-order chi connectivity index (χ1) is 7.23. The molecular formula is C7H3Br2F3N2O2. The number of nitrogens with one attached hydrogen (secondary N) is 1. The molecule has 0 spiro atoms. The van der Waals surface area contributed by atoms with Gasteiger partial charge in [0.05, 0.1) is 5.56 Å². The molecule has 0 aromatic carbocycles. The molecule has 9 heteroatoms. The Morgan fingerprint density at radius 1 is 1.44 bits per heavy atom. The fourth-order valence-electron chi connectivity index (χ4n) is 0.910. The van der Waals surface area contributed by atoms with Crippen molar-refractivity contribution < 1.29 is 18.0 Å². The minimum Gasteiger partial charge on any atom is -0.290 e. The standard InChI is InChI=1S/C7H3Br2F3N2O2/c8-6(9)5(16)4-2(7(10,11)12)1-3(15)13-14-4/h1,6H,(H,13,15).